The lowest BCUT2D eigenvalue weighted by Gasteiger charge is -2.14. The minimum absolute atomic E-state index is 0.0288. The first-order valence-corrected chi connectivity index (χ1v) is 5.64. The summed E-state index contributed by atoms with van der Waals surface area (Å²) in [7, 11) is 1.50. The lowest BCUT2D eigenvalue weighted by atomic mass is 10.2. The van der Waals surface area contributed by atoms with Gasteiger partial charge in [0, 0.05) is 6.54 Å². The van der Waals surface area contributed by atoms with E-state index in [-0.39, 0.29) is 18.7 Å². The third-order valence-electron chi connectivity index (χ3n) is 2.18. The highest BCUT2D eigenvalue weighted by Crippen LogP contribution is 2.11. The second kappa shape index (κ2) is 6.85. The molecular weight excluding hydrogens is 222 g/mol. The van der Waals surface area contributed by atoms with Gasteiger partial charge in [0.15, 0.2) is 0 Å². The second-order valence-electron chi connectivity index (χ2n) is 3.43. The summed E-state index contributed by atoms with van der Waals surface area (Å²) in [4.78, 5) is 12.3. The van der Waals surface area contributed by atoms with E-state index in [1.807, 2.05) is 13.8 Å². The van der Waals surface area contributed by atoms with E-state index in [2.05, 4.69) is 25.6 Å². The third kappa shape index (κ3) is 4.03. The molecule has 17 heavy (non-hydrogen) atoms. The topological polar surface area (TPSA) is 92.2 Å². The minimum atomic E-state index is -0.0726. The third-order valence-corrected chi connectivity index (χ3v) is 2.18. The van der Waals surface area contributed by atoms with Gasteiger partial charge in [-0.1, -0.05) is 6.92 Å². The molecule has 0 radical (unpaired) electrons. The number of anilines is 2. The first-order chi connectivity index (χ1) is 8.23. The van der Waals surface area contributed by atoms with E-state index in [9.17, 15) is 0 Å². The molecule has 0 bridgehead atoms. The van der Waals surface area contributed by atoms with E-state index in [1.165, 1.54) is 7.11 Å². The summed E-state index contributed by atoms with van der Waals surface area (Å²) in [5.74, 6) is 0.850. The van der Waals surface area contributed by atoms with E-state index in [0.29, 0.717) is 18.4 Å². The second-order valence-corrected chi connectivity index (χ2v) is 3.43. The molecule has 0 saturated carbocycles. The van der Waals surface area contributed by atoms with Crippen LogP contribution in [-0.2, 0) is 0 Å². The molecule has 0 aliphatic rings. The van der Waals surface area contributed by atoms with Gasteiger partial charge in [-0.15, -0.1) is 0 Å². The van der Waals surface area contributed by atoms with Crippen molar-refractivity contribution in [3.63, 3.8) is 0 Å². The van der Waals surface area contributed by atoms with Crippen LogP contribution in [0.1, 0.15) is 20.3 Å². The van der Waals surface area contributed by atoms with Gasteiger partial charge in [0.25, 0.3) is 0 Å². The molecule has 0 spiro atoms. The molecule has 1 aromatic heterocycles. The van der Waals surface area contributed by atoms with Crippen molar-refractivity contribution in [2.45, 2.75) is 26.3 Å². The molecule has 1 rings (SSSR count). The van der Waals surface area contributed by atoms with Crippen molar-refractivity contribution in [3.8, 4) is 6.01 Å². The van der Waals surface area contributed by atoms with E-state index < -0.39 is 0 Å². The quantitative estimate of drug-likeness (QED) is 0.640. The summed E-state index contributed by atoms with van der Waals surface area (Å²) in [5.41, 5.74) is 0. The number of hydrogen-bond acceptors (Lipinski definition) is 7. The maximum Gasteiger partial charge on any atom is 0.322 e. The van der Waals surface area contributed by atoms with Crippen LogP contribution in [-0.4, -0.2) is 46.4 Å². The van der Waals surface area contributed by atoms with Crippen LogP contribution in [0.2, 0.25) is 0 Å². The summed E-state index contributed by atoms with van der Waals surface area (Å²) < 4.78 is 4.99. The van der Waals surface area contributed by atoms with Crippen molar-refractivity contribution in [3.05, 3.63) is 0 Å². The van der Waals surface area contributed by atoms with Crippen LogP contribution in [0.3, 0.4) is 0 Å². The van der Waals surface area contributed by atoms with E-state index in [1.54, 1.807) is 0 Å². The Bertz CT molecular complexity index is 343. The number of hydrogen-bond donors (Lipinski definition) is 3. The molecule has 7 heteroatoms. The highest BCUT2D eigenvalue weighted by Gasteiger charge is 2.10. The lowest BCUT2D eigenvalue weighted by molar-refractivity contribution is 0.271. The number of methoxy groups -OCH3 is 1. The zero-order chi connectivity index (χ0) is 12.7. The monoisotopic (exact) mass is 241 g/mol. The predicted octanol–water partition coefficient (Wildman–Crippen LogP) is 0.495. The van der Waals surface area contributed by atoms with Crippen molar-refractivity contribution in [1.82, 2.24) is 15.0 Å². The molecule has 0 fully saturated rings. The Balaban J connectivity index is 2.85. The molecule has 0 saturated heterocycles. The number of aliphatic hydroxyl groups is 1. The first kappa shape index (κ1) is 13.4. The smallest absolute Gasteiger partial charge is 0.322 e. The Morgan fingerprint density at radius 2 is 1.94 bits per heavy atom. The average Bonchev–Trinajstić information content (AvgIpc) is 2.36. The summed E-state index contributed by atoms with van der Waals surface area (Å²) >= 11 is 0. The maximum atomic E-state index is 9.11. The summed E-state index contributed by atoms with van der Waals surface area (Å²) in [6, 6.07) is 0.169. The number of aromatic nitrogens is 3. The summed E-state index contributed by atoms with van der Waals surface area (Å²) in [6.07, 6.45) is 0.779. The molecule has 1 aromatic rings. The van der Waals surface area contributed by atoms with Crippen LogP contribution >= 0.6 is 0 Å². The average molecular weight is 241 g/mol. The van der Waals surface area contributed by atoms with Crippen molar-refractivity contribution in [2.75, 3.05) is 30.9 Å². The Kier molecular flexibility index (Phi) is 5.41. The van der Waals surface area contributed by atoms with Gasteiger partial charge in [-0.2, -0.15) is 15.0 Å². The van der Waals surface area contributed by atoms with Crippen LogP contribution < -0.4 is 15.4 Å². The number of aliphatic hydroxyl groups excluding tert-OH is 1. The van der Waals surface area contributed by atoms with Crippen LogP contribution in [0, 0.1) is 0 Å². The predicted molar refractivity (Wildman–Crippen MR) is 65.3 cm³/mol. The fourth-order valence-corrected chi connectivity index (χ4v) is 1.21. The highest BCUT2D eigenvalue weighted by atomic mass is 16.5. The van der Waals surface area contributed by atoms with Gasteiger partial charge in [-0.05, 0) is 13.3 Å². The molecule has 96 valence electrons. The molecule has 0 aliphatic carbocycles. The Labute approximate surface area is 101 Å². The molecule has 0 amide bonds. The van der Waals surface area contributed by atoms with Crippen LogP contribution in [0.15, 0.2) is 0 Å². The Morgan fingerprint density at radius 3 is 2.47 bits per heavy atom. The Morgan fingerprint density at radius 1 is 1.24 bits per heavy atom. The number of ether oxygens (including phenoxy) is 1. The van der Waals surface area contributed by atoms with Crippen molar-refractivity contribution < 1.29 is 9.84 Å². The molecule has 3 N–H and O–H groups in total. The van der Waals surface area contributed by atoms with Gasteiger partial charge < -0.3 is 20.5 Å². The molecule has 0 aromatic carbocycles. The fraction of sp³-hybridized carbons (Fsp3) is 0.700. The van der Waals surface area contributed by atoms with Crippen molar-refractivity contribution >= 4 is 11.9 Å². The highest BCUT2D eigenvalue weighted by molar-refractivity contribution is 5.36. The molecule has 0 aliphatic heterocycles. The number of rotatable bonds is 7. The maximum absolute atomic E-state index is 9.11. The van der Waals surface area contributed by atoms with Gasteiger partial charge >= 0.3 is 6.01 Å². The zero-order valence-corrected chi connectivity index (χ0v) is 10.4. The van der Waals surface area contributed by atoms with E-state index in [0.717, 1.165) is 6.42 Å². The van der Waals surface area contributed by atoms with E-state index in [4.69, 9.17) is 9.84 Å². The van der Waals surface area contributed by atoms with Gasteiger partial charge in [0.1, 0.15) is 0 Å². The van der Waals surface area contributed by atoms with Crippen LogP contribution in [0.4, 0.5) is 11.9 Å². The van der Waals surface area contributed by atoms with Crippen molar-refractivity contribution in [1.29, 1.82) is 0 Å². The lowest BCUT2D eigenvalue weighted by Crippen LogP contribution is -2.24. The summed E-state index contributed by atoms with van der Waals surface area (Å²) in [6.45, 7) is 4.66. The Hall–Kier alpha value is -1.63. The van der Waals surface area contributed by atoms with Crippen LogP contribution in [0.25, 0.3) is 0 Å². The van der Waals surface area contributed by atoms with Crippen molar-refractivity contribution in [2.24, 2.45) is 0 Å². The standard InChI is InChI=1S/C10H19N5O2/c1-4-7(6-16)12-9-13-8(11-5-2)14-10(15-9)17-3/h7,16H,4-6H2,1-3H3,(H2,11,12,13,14,15). The molecular formula is C10H19N5O2. The number of nitrogens with zero attached hydrogens (tertiary/aromatic N) is 3. The zero-order valence-electron chi connectivity index (χ0n) is 10.4. The molecule has 1 heterocycles. The SMILES string of the molecule is CCNc1nc(NC(CC)CO)nc(OC)n1. The van der Waals surface area contributed by atoms with E-state index >= 15 is 0 Å². The van der Waals surface area contributed by atoms with Gasteiger partial charge in [0.2, 0.25) is 11.9 Å². The normalized spacial score (nSPS) is 12.0. The molecule has 1 atom stereocenters. The largest absolute Gasteiger partial charge is 0.467 e. The minimum Gasteiger partial charge on any atom is -0.467 e. The van der Waals surface area contributed by atoms with Gasteiger partial charge in [-0.25, -0.2) is 0 Å². The van der Waals surface area contributed by atoms with Crippen LogP contribution in [0.5, 0.6) is 6.01 Å². The van der Waals surface area contributed by atoms with Gasteiger partial charge in [0.05, 0.1) is 19.8 Å². The van der Waals surface area contributed by atoms with Gasteiger partial charge in [-0.3, -0.25) is 0 Å². The summed E-state index contributed by atoms with van der Waals surface area (Å²) in [5, 5.41) is 15.1. The molecule has 1 unspecified atom stereocenters. The molecule has 7 nitrogen and oxygen atoms in total. The number of nitrogens with one attached hydrogen (secondary N) is 2. The fourth-order valence-electron chi connectivity index (χ4n) is 1.21. The first-order valence-electron chi connectivity index (χ1n) is 5.64.